The molecule has 3 aromatic carbocycles. The second-order valence-electron chi connectivity index (χ2n) is 11.7. The fourth-order valence-electron chi connectivity index (χ4n) is 6.75. The Hall–Kier alpha value is -3.20. The van der Waals surface area contributed by atoms with Gasteiger partial charge in [-0.05, 0) is 0 Å². The Bertz CT molecular complexity index is 1910. The predicted octanol–water partition coefficient (Wildman–Crippen LogP) is 7.16. The number of hydrogen-bond acceptors (Lipinski definition) is 3. The van der Waals surface area contributed by atoms with E-state index in [-0.39, 0.29) is 51.4 Å². The maximum atomic E-state index is 13.5. The Morgan fingerprint density at radius 3 is 2.18 bits per heavy atom. The van der Waals surface area contributed by atoms with Crippen molar-refractivity contribution in [1.82, 2.24) is 0 Å². The minimum atomic E-state index is -0.191. The second-order valence-corrected chi connectivity index (χ2v) is 16.0. The number of hydrogen-bond donors (Lipinski definition) is 0. The van der Waals surface area contributed by atoms with E-state index in [9.17, 15) is 9.59 Å². The summed E-state index contributed by atoms with van der Waals surface area (Å²) in [6.45, 7) is 9.27. The van der Waals surface area contributed by atoms with E-state index in [1.165, 1.54) is 42.5 Å². The van der Waals surface area contributed by atoms with E-state index in [1.807, 2.05) is 18.2 Å². The predicted molar refractivity (Wildman–Crippen MR) is 160 cm³/mol. The Kier molecular flexibility index (Phi) is 4.68. The zero-order valence-electron chi connectivity index (χ0n) is 22.1. The Morgan fingerprint density at radius 2 is 1.41 bits per heavy atom. The summed E-state index contributed by atoms with van der Waals surface area (Å²) in [4.78, 5) is 31.6. The van der Waals surface area contributed by atoms with Crippen molar-refractivity contribution in [2.45, 2.75) is 38.5 Å². The summed E-state index contributed by atoms with van der Waals surface area (Å²) >= 11 is 0.181. The maximum absolute atomic E-state index is 13.5. The summed E-state index contributed by atoms with van der Waals surface area (Å²) in [5.41, 5.74) is 8.97. The molecule has 2 aliphatic heterocycles. The zero-order chi connectivity index (χ0) is 26.8. The first kappa shape index (κ1) is 23.7. The number of Topliss-reactive ketones (excluding diaryl/α,β-unsaturated/α-hetero) is 2. The van der Waals surface area contributed by atoms with Gasteiger partial charge in [-0.3, -0.25) is 0 Å². The number of fused-ring (bicyclic) bond motifs is 6. The molecule has 190 valence electrons. The number of carbonyl (C=O) groups is 2. The van der Waals surface area contributed by atoms with Crippen molar-refractivity contribution in [1.29, 1.82) is 0 Å². The molecule has 2 aromatic heterocycles. The Labute approximate surface area is 239 Å². The van der Waals surface area contributed by atoms with Crippen LogP contribution in [0.25, 0.3) is 15.7 Å². The third kappa shape index (κ3) is 3.00. The van der Waals surface area contributed by atoms with Gasteiger partial charge in [-0.25, -0.2) is 0 Å². The second kappa shape index (κ2) is 7.71. The van der Waals surface area contributed by atoms with E-state index in [0.717, 1.165) is 9.82 Å². The number of para-hydroxylation sites is 2. The van der Waals surface area contributed by atoms with Crippen molar-refractivity contribution in [2.75, 3.05) is 4.90 Å². The number of benzene rings is 3. The van der Waals surface area contributed by atoms with Crippen molar-refractivity contribution in [3.05, 3.63) is 115 Å². The third-order valence-corrected chi connectivity index (χ3v) is 13.0. The number of ketones is 2. The van der Waals surface area contributed by atoms with Crippen LogP contribution in [0.4, 0.5) is 15.9 Å². The molecule has 5 heteroatoms. The van der Waals surface area contributed by atoms with E-state index in [4.69, 9.17) is 0 Å². The summed E-state index contributed by atoms with van der Waals surface area (Å²) in [5, 5.41) is 1.08. The topological polar surface area (TPSA) is 37.4 Å². The molecule has 1 aliphatic carbocycles. The molecule has 0 atom stereocenters. The summed E-state index contributed by atoms with van der Waals surface area (Å²) in [7, 11) is 0. The Morgan fingerprint density at radius 1 is 0.744 bits per heavy atom. The van der Waals surface area contributed by atoms with Gasteiger partial charge < -0.3 is 0 Å². The van der Waals surface area contributed by atoms with Crippen LogP contribution in [0.1, 0.15) is 75.1 Å². The molecule has 0 spiro atoms. The average Bonchev–Trinajstić information content (AvgIpc) is 3.62. The van der Waals surface area contributed by atoms with Crippen LogP contribution in [0.3, 0.4) is 0 Å². The number of anilines is 3. The number of nitrogens with zero attached hydrogens (tertiary/aromatic N) is 1. The average molecular weight is 637 g/mol. The van der Waals surface area contributed by atoms with Gasteiger partial charge in [-0.2, -0.15) is 0 Å². The molecule has 39 heavy (non-hydrogen) atoms. The standard InChI is InChI=1S/C34H25NO2Se2/c1-33(2)23-8-5-6-11-27(23)35-29-24(33)9-7-10-25(29)34(3,4)26-16-19(39-32(26)35)15-22-30(36)20-14-18-12-13-38-28(18)17-21(20)31(22)37/h5-17H,1-4H3/b22-15-. The van der Waals surface area contributed by atoms with Crippen LogP contribution in [0.15, 0.2) is 77.2 Å². The molecule has 0 amide bonds. The van der Waals surface area contributed by atoms with Crippen molar-refractivity contribution in [3.63, 3.8) is 0 Å². The summed E-state index contributed by atoms with van der Waals surface area (Å²) in [5.74, 6) is -0.265. The van der Waals surface area contributed by atoms with Gasteiger partial charge in [-0.1, -0.05) is 0 Å². The molecular weight excluding hydrogens is 612 g/mol. The van der Waals surface area contributed by atoms with Gasteiger partial charge in [0.15, 0.2) is 0 Å². The molecule has 3 nitrogen and oxygen atoms in total. The molecule has 8 rings (SSSR count). The van der Waals surface area contributed by atoms with Crippen LogP contribution in [-0.2, 0) is 10.8 Å². The van der Waals surface area contributed by atoms with E-state index in [2.05, 4.69) is 92.1 Å². The van der Waals surface area contributed by atoms with Gasteiger partial charge in [0.1, 0.15) is 0 Å². The number of rotatable bonds is 1. The third-order valence-electron chi connectivity index (χ3n) is 8.89. The molecule has 0 fully saturated rings. The summed E-state index contributed by atoms with van der Waals surface area (Å²) in [6, 6.07) is 23.7. The van der Waals surface area contributed by atoms with Gasteiger partial charge in [0.05, 0.1) is 0 Å². The normalized spacial score (nSPS) is 18.8. The molecule has 0 unspecified atom stereocenters. The number of carbonyl (C=O) groups excluding carboxylic acids is 2. The Balaban J connectivity index is 1.32. The van der Waals surface area contributed by atoms with Crippen LogP contribution in [-0.4, -0.2) is 40.6 Å². The number of allylic oxidation sites excluding steroid dienone is 1. The fourth-order valence-corrected chi connectivity index (χ4v) is 11.1. The first-order valence-electron chi connectivity index (χ1n) is 13.2. The molecule has 0 N–H and O–H groups in total. The SMILES string of the molecule is CC1(C)c2ccccc2N2c3[se]c(/C=C4/C(=O)c5cc6cc[se]c6cc5C4=O)cc3C(C)(C)c3cccc1c32. The van der Waals surface area contributed by atoms with Crippen LogP contribution in [0, 0.1) is 0 Å². The molecular formula is C34H25NO2Se2. The molecule has 5 aromatic rings. The van der Waals surface area contributed by atoms with Crippen molar-refractivity contribution in [2.24, 2.45) is 0 Å². The van der Waals surface area contributed by atoms with Gasteiger partial charge in [0, 0.05) is 0 Å². The zero-order valence-corrected chi connectivity index (χ0v) is 25.5. The molecule has 0 radical (unpaired) electrons. The van der Waals surface area contributed by atoms with E-state index < -0.39 is 0 Å². The van der Waals surface area contributed by atoms with Crippen molar-refractivity contribution >= 4 is 72.2 Å². The summed E-state index contributed by atoms with van der Waals surface area (Å²) in [6.07, 6.45) is 1.90. The van der Waals surface area contributed by atoms with Crippen LogP contribution >= 0.6 is 0 Å². The first-order chi connectivity index (χ1) is 18.7. The van der Waals surface area contributed by atoms with Gasteiger partial charge in [0.25, 0.3) is 0 Å². The van der Waals surface area contributed by atoms with Crippen molar-refractivity contribution < 1.29 is 9.59 Å². The van der Waals surface area contributed by atoms with Crippen LogP contribution < -0.4 is 4.90 Å². The van der Waals surface area contributed by atoms with Crippen molar-refractivity contribution in [3.8, 4) is 0 Å². The summed E-state index contributed by atoms with van der Waals surface area (Å²) < 4.78 is 3.58. The molecule has 0 saturated carbocycles. The molecule has 4 heterocycles. The quantitative estimate of drug-likeness (QED) is 0.111. The molecule has 0 saturated heterocycles. The van der Waals surface area contributed by atoms with E-state index in [0.29, 0.717) is 16.7 Å². The fraction of sp³-hybridized carbons (Fsp3) is 0.176. The van der Waals surface area contributed by atoms with E-state index in [1.54, 1.807) is 0 Å². The van der Waals surface area contributed by atoms with E-state index >= 15 is 0 Å². The van der Waals surface area contributed by atoms with Gasteiger partial charge >= 0.3 is 240 Å². The first-order valence-corrected chi connectivity index (χ1v) is 16.7. The van der Waals surface area contributed by atoms with Gasteiger partial charge in [0.2, 0.25) is 0 Å². The molecule has 3 aliphatic rings. The minimum absolute atomic E-state index is 0.0536. The van der Waals surface area contributed by atoms with Gasteiger partial charge in [-0.15, -0.1) is 0 Å². The van der Waals surface area contributed by atoms with Crippen LogP contribution in [0.2, 0.25) is 0 Å². The molecule has 0 bridgehead atoms. The van der Waals surface area contributed by atoms with Crippen LogP contribution in [0.5, 0.6) is 0 Å². The monoisotopic (exact) mass is 639 g/mol.